The molecule has 6 heteroatoms. The SMILES string of the molecule is c1ccc(-c2nc(-c3cccc(-n4c5ccccc5c5ccc6c7ccccc7n(-c7ccccc7)c6c54)c3)nc(-c3cccc4c3oc3ccccc34)n2)cc1. The molecule has 0 aliphatic rings. The van der Waals surface area contributed by atoms with Crippen LogP contribution in [0.2, 0.25) is 0 Å². The van der Waals surface area contributed by atoms with Gasteiger partial charge >= 0.3 is 0 Å². The number of para-hydroxylation sites is 5. The van der Waals surface area contributed by atoms with Gasteiger partial charge in [0.1, 0.15) is 11.2 Å². The summed E-state index contributed by atoms with van der Waals surface area (Å²) in [6.07, 6.45) is 0. The summed E-state index contributed by atoms with van der Waals surface area (Å²) in [5, 5.41) is 6.89. The standard InChI is InChI=1S/C51H31N5O/c1-3-15-32(16-4-1)49-52-50(54-51(53-49)42-25-14-24-41-38-23-9-12-28-45(38)57-48(41)42)33-17-13-20-35(31-33)56-44-27-11-8-22-37(44)40-30-29-39-36-21-7-10-26-43(36)55(46(39)47(40)56)34-18-5-2-6-19-34/h1-31H. The lowest BCUT2D eigenvalue weighted by Gasteiger charge is -2.14. The molecule has 0 saturated heterocycles. The van der Waals surface area contributed by atoms with Crippen LogP contribution in [0.4, 0.5) is 0 Å². The second-order valence-corrected chi connectivity index (χ2v) is 14.4. The Balaban J connectivity index is 1.13. The minimum atomic E-state index is 0.555. The summed E-state index contributed by atoms with van der Waals surface area (Å²) in [7, 11) is 0. The molecule has 0 spiro atoms. The van der Waals surface area contributed by atoms with Crippen molar-refractivity contribution in [2.24, 2.45) is 0 Å². The molecule has 12 rings (SSSR count). The van der Waals surface area contributed by atoms with Crippen LogP contribution in [0.5, 0.6) is 0 Å². The fourth-order valence-corrected chi connectivity index (χ4v) is 8.66. The number of rotatable bonds is 5. The second kappa shape index (κ2) is 12.3. The third-order valence-electron chi connectivity index (χ3n) is 11.2. The Bertz CT molecular complexity index is 3520. The molecule has 0 atom stereocenters. The number of nitrogens with zero attached hydrogens (tertiary/aromatic N) is 5. The summed E-state index contributed by atoms with van der Waals surface area (Å²) >= 11 is 0. The maximum atomic E-state index is 6.47. The van der Waals surface area contributed by atoms with Crippen molar-refractivity contribution >= 4 is 65.6 Å². The first kappa shape index (κ1) is 31.5. The molecular weight excluding hydrogens is 699 g/mol. The Morgan fingerprint density at radius 2 is 0.860 bits per heavy atom. The van der Waals surface area contributed by atoms with Gasteiger partial charge in [0.05, 0.1) is 27.6 Å². The van der Waals surface area contributed by atoms with Crippen LogP contribution < -0.4 is 0 Å². The number of furan rings is 1. The van der Waals surface area contributed by atoms with E-state index in [1.165, 1.54) is 27.1 Å². The predicted molar refractivity (Wildman–Crippen MR) is 232 cm³/mol. The van der Waals surface area contributed by atoms with Crippen molar-refractivity contribution in [1.29, 1.82) is 0 Å². The number of hydrogen-bond acceptors (Lipinski definition) is 4. The minimum Gasteiger partial charge on any atom is -0.455 e. The van der Waals surface area contributed by atoms with Gasteiger partial charge in [-0.05, 0) is 48.5 Å². The quantitative estimate of drug-likeness (QED) is 0.177. The third-order valence-corrected chi connectivity index (χ3v) is 11.2. The predicted octanol–water partition coefficient (Wildman–Crippen LogP) is 13.0. The van der Waals surface area contributed by atoms with E-state index in [1.54, 1.807) is 0 Å². The highest BCUT2D eigenvalue weighted by atomic mass is 16.3. The molecule has 4 heterocycles. The van der Waals surface area contributed by atoms with Crippen molar-refractivity contribution in [2.45, 2.75) is 0 Å². The van der Waals surface area contributed by atoms with E-state index in [9.17, 15) is 0 Å². The highest BCUT2D eigenvalue weighted by Gasteiger charge is 2.22. The summed E-state index contributed by atoms with van der Waals surface area (Å²) in [4.78, 5) is 15.4. The molecule has 0 N–H and O–H groups in total. The Kier molecular flexibility index (Phi) is 6.83. The van der Waals surface area contributed by atoms with Crippen molar-refractivity contribution in [3.05, 3.63) is 188 Å². The Morgan fingerprint density at radius 3 is 1.58 bits per heavy atom. The summed E-state index contributed by atoms with van der Waals surface area (Å²) in [5.41, 5.74) is 10.9. The first-order valence-electron chi connectivity index (χ1n) is 19.1. The van der Waals surface area contributed by atoms with Crippen LogP contribution in [-0.2, 0) is 0 Å². The van der Waals surface area contributed by atoms with Gasteiger partial charge < -0.3 is 13.6 Å². The molecule has 266 valence electrons. The third kappa shape index (κ3) is 4.81. The van der Waals surface area contributed by atoms with Gasteiger partial charge in [-0.2, -0.15) is 0 Å². The first-order valence-corrected chi connectivity index (χ1v) is 19.1. The molecule has 57 heavy (non-hydrogen) atoms. The van der Waals surface area contributed by atoms with Gasteiger partial charge in [0.2, 0.25) is 0 Å². The molecule has 6 nitrogen and oxygen atoms in total. The van der Waals surface area contributed by atoms with Gasteiger partial charge in [-0.3, -0.25) is 0 Å². The maximum absolute atomic E-state index is 6.47. The van der Waals surface area contributed by atoms with E-state index < -0.39 is 0 Å². The zero-order valence-electron chi connectivity index (χ0n) is 30.5. The average Bonchev–Trinajstić information content (AvgIpc) is 3.95. The van der Waals surface area contributed by atoms with E-state index in [4.69, 9.17) is 19.4 Å². The van der Waals surface area contributed by atoms with Gasteiger partial charge in [-0.25, -0.2) is 15.0 Å². The van der Waals surface area contributed by atoms with Crippen LogP contribution in [0.15, 0.2) is 192 Å². The van der Waals surface area contributed by atoms with Crippen molar-refractivity contribution in [3.63, 3.8) is 0 Å². The Morgan fingerprint density at radius 1 is 0.351 bits per heavy atom. The average molecular weight is 730 g/mol. The summed E-state index contributed by atoms with van der Waals surface area (Å²) < 4.78 is 11.3. The van der Waals surface area contributed by atoms with Crippen LogP contribution in [0, 0.1) is 0 Å². The van der Waals surface area contributed by atoms with Crippen molar-refractivity contribution in [3.8, 4) is 45.5 Å². The largest absolute Gasteiger partial charge is 0.455 e. The van der Waals surface area contributed by atoms with Crippen LogP contribution in [-0.4, -0.2) is 24.1 Å². The van der Waals surface area contributed by atoms with E-state index in [-0.39, 0.29) is 0 Å². The number of aromatic nitrogens is 5. The minimum absolute atomic E-state index is 0.555. The lowest BCUT2D eigenvalue weighted by Crippen LogP contribution is -2.02. The van der Waals surface area contributed by atoms with E-state index in [2.05, 4.69) is 137 Å². The molecule has 12 aromatic rings. The molecule has 8 aromatic carbocycles. The molecule has 0 fully saturated rings. The summed E-state index contributed by atoms with van der Waals surface area (Å²) in [6, 6.07) is 65.6. The van der Waals surface area contributed by atoms with E-state index in [1.807, 2.05) is 60.7 Å². The maximum Gasteiger partial charge on any atom is 0.167 e. The van der Waals surface area contributed by atoms with E-state index in [0.717, 1.165) is 66.6 Å². The van der Waals surface area contributed by atoms with Gasteiger partial charge in [0.15, 0.2) is 17.5 Å². The molecule has 0 aliphatic heterocycles. The van der Waals surface area contributed by atoms with Crippen molar-refractivity contribution < 1.29 is 4.42 Å². The lowest BCUT2D eigenvalue weighted by molar-refractivity contribution is 0.669. The van der Waals surface area contributed by atoms with Crippen LogP contribution in [0.3, 0.4) is 0 Å². The molecule has 0 amide bonds. The van der Waals surface area contributed by atoms with Crippen LogP contribution in [0.1, 0.15) is 0 Å². The fraction of sp³-hybridized carbons (Fsp3) is 0. The Labute approximate surface area is 326 Å². The second-order valence-electron chi connectivity index (χ2n) is 14.4. The zero-order chi connectivity index (χ0) is 37.5. The molecule has 0 radical (unpaired) electrons. The molecule has 0 unspecified atom stereocenters. The van der Waals surface area contributed by atoms with E-state index >= 15 is 0 Å². The molecular formula is C51H31N5O. The topological polar surface area (TPSA) is 61.7 Å². The first-order chi connectivity index (χ1) is 28.3. The number of benzene rings is 8. The number of hydrogen-bond donors (Lipinski definition) is 0. The van der Waals surface area contributed by atoms with Gasteiger partial charge in [-0.15, -0.1) is 0 Å². The highest BCUT2D eigenvalue weighted by molar-refractivity contribution is 6.23. The van der Waals surface area contributed by atoms with Crippen LogP contribution >= 0.6 is 0 Å². The smallest absolute Gasteiger partial charge is 0.167 e. The van der Waals surface area contributed by atoms with Gasteiger partial charge in [0.25, 0.3) is 0 Å². The van der Waals surface area contributed by atoms with Gasteiger partial charge in [-0.1, -0.05) is 140 Å². The molecule has 0 saturated carbocycles. The van der Waals surface area contributed by atoms with Crippen molar-refractivity contribution in [2.75, 3.05) is 0 Å². The van der Waals surface area contributed by atoms with Crippen LogP contribution in [0.25, 0.3) is 111 Å². The van der Waals surface area contributed by atoms with Crippen molar-refractivity contribution in [1.82, 2.24) is 24.1 Å². The molecule has 4 aromatic heterocycles. The lowest BCUT2D eigenvalue weighted by atomic mass is 10.1. The molecule has 0 bridgehead atoms. The molecule has 0 aliphatic carbocycles. The number of fused-ring (bicyclic) bond motifs is 10. The fourth-order valence-electron chi connectivity index (χ4n) is 8.66. The Hall–Kier alpha value is -7.83. The monoisotopic (exact) mass is 729 g/mol. The normalized spacial score (nSPS) is 11.9. The van der Waals surface area contributed by atoms with Gasteiger partial charge in [0, 0.05) is 54.8 Å². The summed E-state index contributed by atoms with van der Waals surface area (Å²) in [5.74, 6) is 1.73. The van der Waals surface area contributed by atoms with E-state index in [0.29, 0.717) is 17.5 Å². The zero-order valence-corrected chi connectivity index (χ0v) is 30.5. The highest BCUT2D eigenvalue weighted by Crippen LogP contribution is 2.42. The summed E-state index contributed by atoms with van der Waals surface area (Å²) in [6.45, 7) is 0.